The quantitative estimate of drug-likeness (QED) is 0.0848. The van der Waals surface area contributed by atoms with Crippen molar-refractivity contribution in [1.82, 2.24) is 9.80 Å². The summed E-state index contributed by atoms with van der Waals surface area (Å²) in [6.45, 7) is 9.47. The van der Waals surface area contributed by atoms with E-state index in [-0.39, 0.29) is 0 Å². The average Bonchev–Trinajstić information content (AvgIpc) is 3.31. The van der Waals surface area contributed by atoms with Crippen molar-refractivity contribution in [3.8, 4) is 0 Å². The molecule has 0 fully saturated rings. The van der Waals surface area contributed by atoms with Crippen LogP contribution >= 0.6 is 0 Å². The molecule has 0 bridgehead atoms. The lowest BCUT2D eigenvalue weighted by molar-refractivity contribution is 0.135. The molecule has 0 saturated heterocycles. The summed E-state index contributed by atoms with van der Waals surface area (Å²) >= 11 is 0. The highest BCUT2D eigenvalue weighted by atomic mass is 15.4. The summed E-state index contributed by atoms with van der Waals surface area (Å²) in [7, 11) is 0. The van der Waals surface area contributed by atoms with Crippen LogP contribution in [-0.4, -0.2) is 29.1 Å². The molecule has 0 aromatic rings. The van der Waals surface area contributed by atoms with Crippen molar-refractivity contribution in [3.63, 3.8) is 0 Å². The van der Waals surface area contributed by atoms with Crippen LogP contribution in [0.4, 0.5) is 0 Å². The van der Waals surface area contributed by atoms with Crippen LogP contribution in [0.5, 0.6) is 0 Å². The molecule has 38 heavy (non-hydrogen) atoms. The molecule has 1 aliphatic heterocycles. The number of hydrogen-bond acceptors (Lipinski definition) is 2. The van der Waals surface area contributed by atoms with Crippen molar-refractivity contribution in [1.29, 1.82) is 0 Å². The second-order valence-electron chi connectivity index (χ2n) is 12.5. The van der Waals surface area contributed by atoms with Gasteiger partial charge in [0.15, 0.2) is 0 Å². The van der Waals surface area contributed by atoms with E-state index in [1.807, 2.05) is 0 Å². The van der Waals surface area contributed by atoms with Gasteiger partial charge in [-0.05, 0) is 25.7 Å². The summed E-state index contributed by atoms with van der Waals surface area (Å²) < 4.78 is 0. The first-order valence-electron chi connectivity index (χ1n) is 18.0. The molecule has 0 aromatic heterocycles. The fourth-order valence-electron chi connectivity index (χ4n) is 6.19. The van der Waals surface area contributed by atoms with E-state index in [9.17, 15) is 0 Å². The van der Waals surface area contributed by atoms with Gasteiger partial charge in [0.05, 0.1) is 0 Å². The predicted molar refractivity (Wildman–Crippen MR) is 173 cm³/mol. The second kappa shape index (κ2) is 27.9. The molecule has 1 heterocycles. The molecule has 0 aliphatic carbocycles. The number of rotatable bonds is 30. The van der Waals surface area contributed by atoms with Crippen LogP contribution in [0.3, 0.4) is 0 Å². The van der Waals surface area contributed by atoms with E-state index in [1.165, 1.54) is 193 Å². The molecule has 1 unspecified atom stereocenters. The van der Waals surface area contributed by atoms with Crippen molar-refractivity contribution >= 4 is 0 Å². The summed E-state index contributed by atoms with van der Waals surface area (Å²) in [4.78, 5) is 5.42. The normalized spacial score (nSPS) is 15.3. The SMILES string of the molecule is CCCCCCCCCCCCN1C=CN(CCCCCCCCCCC)C1CCCCCCCCCC. The van der Waals surface area contributed by atoms with Gasteiger partial charge in [-0.25, -0.2) is 0 Å². The summed E-state index contributed by atoms with van der Waals surface area (Å²) in [6, 6.07) is 0. The van der Waals surface area contributed by atoms with E-state index in [1.54, 1.807) is 0 Å². The summed E-state index contributed by atoms with van der Waals surface area (Å²) in [5.74, 6) is 0. The van der Waals surface area contributed by atoms with E-state index in [0.29, 0.717) is 6.17 Å². The highest BCUT2D eigenvalue weighted by molar-refractivity contribution is 4.97. The minimum Gasteiger partial charge on any atom is -0.356 e. The Bertz CT molecular complexity index is 488. The van der Waals surface area contributed by atoms with Crippen molar-refractivity contribution < 1.29 is 0 Å². The maximum atomic E-state index is 2.71. The first-order valence-corrected chi connectivity index (χ1v) is 18.0. The molecule has 0 saturated carbocycles. The molecule has 1 aliphatic rings. The van der Waals surface area contributed by atoms with Gasteiger partial charge in [-0.2, -0.15) is 0 Å². The van der Waals surface area contributed by atoms with Crippen molar-refractivity contribution in [2.75, 3.05) is 13.1 Å². The molecule has 1 atom stereocenters. The Morgan fingerprint density at radius 1 is 0.342 bits per heavy atom. The molecule has 0 aromatic carbocycles. The third-order valence-corrected chi connectivity index (χ3v) is 8.82. The van der Waals surface area contributed by atoms with Crippen molar-refractivity contribution in [3.05, 3.63) is 12.4 Å². The monoisotopic (exact) mass is 533 g/mol. The van der Waals surface area contributed by atoms with E-state index < -0.39 is 0 Å². The number of unbranched alkanes of at least 4 members (excludes halogenated alkanes) is 24. The zero-order chi connectivity index (χ0) is 27.4. The largest absolute Gasteiger partial charge is 0.356 e. The van der Waals surface area contributed by atoms with Crippen LogP contribution in [-0.2, 0) is 0 Å². The van der Waals surface area contributed by atoms with E-state index in [2.05, 4.69) is 43.0 Å². The predicted octanol–water partition coefficient (Wildman–Crippen LogP) is 12.4. The lowest BCUT2D eigenvalue weighted by Gasteiger charge is -2.33. The fourth-order valence-corrected chi connectivity index (χ4v) is 6.19. The molecule has 1 rings (SSSR count). The maximum absolute atomic E-state index is 2.71. The molecule has 0 spiro atoms. The van der Waals surface area contributed by atoms with Crippen LogP contribution < -0.4 is 0 Å². The third-order valence-electron chi connectivity index (χ3n) is 8.82. The number of hydrogen-bond donors (Lipinski definition) is 0. The van der Waals surface area contributed by atoms with Gasteiger partial charge in [0.1, 0.15) is 6.17 Å². The minimum atomic E-state index is 0.641. The van der Waals surface area contributed by atoms with Crippen LogP contribution in [0.2, 0.25) is 0 Å². The van der Waals surface area contributed by atoms with Gasteiger partial charge in [-0.15, -0.1) is 0 Å². The van der Waals surface area contributed by atoms with Crippen molar-refractivity contribution in [2.24, 2.45) is 0 Å². The zero-order valence-electron chi connectivity index (χ0n) is 26.8. The maximum Gasteiger partial charge on any atom is 0.101 e. The standard InChI is InChI=1S/C36H72N2/c1-4-7-10-13-16-19-21-24-27-30-33-38-35-34-37(32-29-26-23-20-17-14-11-8-5-2)36(38)31-28-25-22-18-15-12-9-6-3/h34-36H,4-33H2,1-3H3. The molecule has 0 radical (unpaired) electrons. The topological polar surface area (TPSA) is 6.48 Å². The summed E-state index contributed by atoms with van der Waals surface area (Å²) in [5, 5.41) is 0. The molecule has 0 N–H and O–H groups in total. The van der Waals surface area contributed by atoms with Gasteiger partial charge in [-0.3, -0.25) is 0 Å². The van der Waals surface area contributed by atoms with Gasteiger partial charge in [0, 0.05) is 25.5 Å². The first-order chi connectivity index (χ1) is 18.8. The molecular weight excluding hydrogens is 460 g/mol. The van der Waals surface area contributed by atoms with Crippen LogP contribution in [0.1, 0.15) is 201 Å². The minimum absolute atomic E-state index is 0.641. The third kappa shape index (κ3) is 20.3. The highest BCUT2D eigenvalue weighted by Gasteiger charge is 2.24. The van der Waals surface area contributed by atoms with E-state index in [0.717, 1.165) is 0 Å². The molecule has 226 valence electrons. The smallest absolute Gasteiger partial charge is 0.101 e. The lowest BCUT2D eigenvalue weighted by atomic mass is 10.1. The molecule has 2 nitrogen and oxygen atoms in total. The Hall–Kier alpha value is -0.660. The van der Waals surface area contributed by atoms with Gasteiger partial charge in [0.2, 0.25) is 0 Å². The fraction of sp³-hybridized carbons (Fsp3) is 0.944. The van der Waals surface area contributed by atoms with Crippen LogP contribution in [0, 0.1) is 0 Å². The number of nitrogens with zero attached hydrogens (tertiary/aromatic N) is 2. The summed E-state index contributed by atoms with van der Waals surface area (Å²) in [6.07, 6.45) is 45.4. The van der Waals surface area contributed by atoms with E-state index in [4.69, 9.17) is 0 Å². The zero-order valence-corrected chi connectivity index (χ0v) is 26.8. The Morgan fingerprint density at radius 3 is 0.921 bits per heavy atom. The van der Waals surface area contributed by atoms with Crippen LogP contribution in [0.25, 0.3) is 0 Å². The van der Waals surface area contributed by atoms with Crippen molar-refractivity contribution in [2.45, 2.75) is 207 Å². The van der Waals surface area contributed by atoms with Gasteiger partial charge < -0.3 is 9.80 Å². The first kappa shape index (κ1) is 35.4. The Morgan fingerprint density at radius 2 is 0.605 bits per heavy atom. The Balaban J connectivity index is 2.25. The van der Waals surface area contributed by atoms with Gasteiger partial charge >= 0.3 is 0 Å². The second-order valence-corrected chi connectivity index (χ2v) is 12.5. The average molecular weight is 533 g/mol. The Kier molecular flexibility index (Phi) is 26.0. The molecule has 0 amide bonds. The van der Waals surface area contributed by atoms with Gasteiger partial charge in [-0.1, -0.05) is 175 Å². The van der Waals surface area contributed by atoms with Gasteiger partial charge in [0.25, 0.3) is 0 Å². The van der Waals surface area contributed by atoms with E-state index >= 15 is 0 Å². The van der Waals surface area contributed by atoms with Crippen LogP contribution in [0.15, 0.2) is 12.4 Å². The molecule has 2 heteroatoms. The molecular formula is C36H72N2. The Labute approximate surface area is 241 Å². The lowest BCUT2D eigenvalue weighted by Crippen LogP contribution is -2.39. The highest BCUT2D eigenvalue weighted by Crippen LogP contribution is 2.24. The summed E-state index contributed by atoms with van der Waals surface area (Å²) in [5.41, 5.74) is 0.